The summed E-state index contributed by atoms with van der Waals surface area (Å²) in [4.78, 5) is 10.5. The van der Waals surface area contributed by atoms with Crippen LogP contribution in [0.2, 0.25) is 0 Å². The van der Waals surface area contributed by atoms with E-state index in [2.05, 4.69) is 10.2 Å². The second-order valence-electron chi connectivity index (χ2n) is 4.08. The van der Waals surface area contributed by atoms with Crippen LogP contribution in [-0.2, 0) is 11.3 Å². The first-order valence-corrected chi connectivity index (χ1v) is 6.93. The largest absolute Gasteiger partial charge is 0.549 e. The number of rotatable bonds is 5. The molecule has 0 N–H and O–H groups in total. The fraction of sp³-hybridized carbons (Fsp3) is 0.308. The molecule has 1 aromatic carbocycles. The first-order valence-electron chi connectivity index (χ1n) is 5.94. The Balaban J connectivity index is 2.34. The lowest BCUT2D eigenvalue weighted by molar-refractivity contribution is -0.301. The number of carbonyl (C=O) groups excluding carboxylic acids is 1. The van der Waals surface area contributed by atoms with Crippen LogP contribution in [0.1, 0.15) is 12.5 Å². The van der Waals surface area contributed by atoms with Crippen LogP contribution < -0.4 is 5.11 Å². The van der Waals surface area contributed by atoms with Crippen LogP contribution >= 0.6 is 11.8 Å². The molecular formula is C13H14N3O2S-. The number of aliphatic carboxylic acids is 1. The zero-order chi connectivity index (χ0) is 13.8. The maximum Gasteiger partial charge on any atom is 0.191 e. The maximum absolute atomic E-state index is 10.5. The average molecular weight is 276 g/mol. The van der Waals surface area contributed by atoms with Gasteiger partial charge in [0.25, 0.3) is 0 Å². The standard InChI is InChI=1S/C13H15N3O2S/c1-3-16-12(10-6-4-5-9(2)7-10)14-15-13(16)19-8-11(17)18/h4-7H,3,8H2,1-2H3,(H,17,18)/p-1. The minimum atomic E-state index is -1.10. The van der Waals surface area contributed by atoms with Gasteiger partial charge in [0.05, 0.1) is 5.97 Å². The quantitative estimate of drug-likeness (QED) is 0.765. The highest BCUT2D eigenvalue weighted by molar-refractivity contribution is 7.99. The Morgan fingerprint density at radius 3 is 2.84 bits per heavy atom. The molecule has 2 rings (SSSR count). The van der Waals surface area contributed by atoms with Gasteiger partial charge in [0, 0.05) is 17.9 Å². The number of aryl methyl sites for hydroxylation is 1. The van der Waals surface area contributed by atoms with E-state index < -0.39 is 5.97 Å². The summed E-state index contributed by atoms with van der Waals surface area (Å²) in [6.07, 6.45) is 0. The lowest BCUT2D eigenvalue weighted by Crippen LogP contribution is -2.24. The Kier molecular flexibility index (Phi) is 4.21. The number of carboxylic acids is 1. The second-order valence-corrected chi connectivity index (χ2v) is 5.02. The molecular weight excluding hydrogens is 262 g/mol. The van der Waals surface area contributed by atoms with E-state index in [1.807, 2.05) is 42.7 Å². The molecule has 2 aromatic rings. The van der Waals surface area contributed by atoms with Crippen molar-refractivity contribution in [1.29, 1.82) is 0 Å². The Morgan fingerprint density at radius 1 is 1.42 bits per heavy atom. The molecule has 0 aliphatic heterocycles. The van der Waals surface area contributed by atoms with Gasteiger partial charge in [-0.15, -0.1) is 10.2 Å². The van der Waals surface area contributed by atoms with Gasteiger partial charge in [0.2, 0.25) is 0 Å². The van der Waals surface area contributed by atoms with Gasteiger partial charge in [-0.05, 0) is 19.9 Å². The van der Waals surface area contributed by atoms with Crippen molar-refractivity contribution < 1.29 is 9.90 Å². The zero-order valence-electron chi connectivity index (χ0n) is 10.8. The molecule has 19 heavy (non-hydrogen) atoms. The van der Waals surface area contributed by atoms with E-state index in [0.29, 0.717) is 11.7 Å². The van der Waals surface area contributed by atoms with Crippen molar-refractivity contribution in [3.63, 3.8) is 0 Å². The van der Waals surface area contributed by atoms with Crippen molar-refractivity contribution in [2.75, 3.05) is 5.75 Å². The first-order chi connectivity index (χ1) is 9.11. The monoisotopic (exact) mass is 276 g/mol. The maximum atomic E-state index is 10.5. The fourth-order valence-corrected chi connectivity index (χ4v) is 2.52. The number of carbonyl (C=O) groups is 1. The summed E-state index contributed by atoms with van der Waals surface area (Å²) < 4.78 is 1.91. The van der Waals surface area contributed by atoms with E-state index in [-0.39, 0.29) is 5.75 Å². The number of hydrogen-bond donors (Lipinski definition) is 0. The van der Waals surface area contributed by atoms with Crippen LogP contribution in [0.3, 0.4) is 0 Å². The van der Waals surface area contributed by atoms with Crippen LogP contribution in [0.15, 0.2) is 29.4 Å². The zero-order valence-corrected chi connectivity index (χ0v) is 11.6. The van der Waals surface area contributed by atoms with Crippen LogP contribution in [0, 0.1) is 6.92 Å². The number of carboxylic acid groups (broad SMARTS) is 1. The molecule has 0 spiro atoms. The average Bonchev–Trinajstić information content (AvgIpc) is 2.79. The van der Waals surface area contributed by atoms with E-state index in [0.717, 1.165) is 28.7 Å². The molecule has 100 valence electrons. The molecule has 0 bridgehead atoms. The second kappa shape index (κ2) is 5.88. The van der Waals surface area contributed by atoms with Gasteiger partial charge in [0.15, 0.2) is 11.0 Å². The Bertz CT molecular complexity index is 595. The fourth-order valence-electron chi connectivity index (χ4n) is 1.80. The summed E-state index contributed by atoms with van der Waals surface area (Å²) in [6, 6.07) is 7.98. The minimum absolute atomic E-state index is 0.119. The SMILES string of the molecule is CCn1c(SCC(=O)[O-])nnc1-c1cccc(C)c1. The molecule has 5 nitrogen and oxygen atoms in total. The van der Waals surface area contributed by atoms with E-state index in [1.54, 1.807) is 0 Å². The summed E-state index contributed by atoms with van der Waals surface area (Å²) in [5.74, 6) is -0.466. The number of hydrogen-bond acceptors (Lipinski definition) is 5. The van der Waals surface area contributed by atoms with Gasteiger partial charge in [-0.1, -0.05) is 35.5 Å². The topological polar surface area (TPSA) is 70.8 Å². The van der Waals surface area contributed by atoms with Crippen LogP contribution in [-0.4, -0.2) is 26.5 Å². The Hall–Kier alpha value is -1.82. The molecule has 0 fully saturated rings. The van der Waals surface area contributed by atoms with Crippen molar-refractivity contribution >= 4 is 17.7 Å². The first kappa shape index (κ1) is 13.6. The molecule has 0 aliphatic rings. The number of benzene rings is 1. The molecule has 0 saturated carbocycles. The molecule has 0 atom stereocenters. The third-order valence-electron chi connectivity index (χ3n) is 2.63. The summed E-state index contributed by atoms with van der Waals surface area (Å²) >= 11 is 1.13. The summed E-state index contributed by atoms with van der Waals surface area (Å²) in [5, 5.41) is 19.3. The third-order valence-corrected chi connectivity index (χ3v) is 3.57. The van der Waals surface area contributed by atoms with E-state index >= 15 is 0 Å². The molecule has 0 aliphatic carbocycles. The molecule has 0 radical (unpaired) electrons. The Labute approximate surface area is 115 Å². The lowest BCUT2D eigenvalue weighted by atomic mass is 10.1. The van der Waals surface area contributed by atoms with E-state index in [9.17, 15) is 9.90 Å². The van der Waals surface area contributed by atoms with E-state index in [1.165, 1.54) is 0 Å². The van der Waals surface area contributed by atoms with Gasteiger partial charge >= 0.3 is 0 Å². The number of nitrogens with zero attached hydrogens (tertiary/aromatic N) is 3. The summed E-state index contributed by atoms with van der Waals surface area (Å²) in [7, 11) is 0. The van der Waals surface area contributed by atoms with Crippen LogP contribution in [0.5, 0.6) is 0 Å². The molecule has 0 amide bonds. The van der Waals surface area contributed by atoms with Crippen molar-refractivity contribution in [3.8, 4) is 11.4 Å². The minimum Gasteiger partial charge on any atom is -0.549 e. The van der Waals surface area contributed by atoms with Crippen molar-refractivity contribution in [3.05, 3.63) is 29.8 Å². The highest BCUT2D eigenvalue weighted by Gasteiger charge is 2.12. The predicted octanol–water partition coefficient (Wildman–Crippen LogP) is 1.12. The molecule has 0 unspecified atom stereocenters. The van der Waals surface area contributed by atoms with Gasteiger partial charge in [-0.25, -0.2) is 0 Å². The summed E-state index contributed by atoms with van der Waals surface area (Å²) in [5.41, 5.74) is 2.13. The molecule has 1 aromatic heterocycles. The molecule has 1 heterocycles. The van der Waals surface area contributed by atoms with Gasteiger partial charge in [0.1, 0.15) is 0 Å². The summed E-state index contributed by atoms with van der Waals surface area (Å²) in [6.45, 7) is 4.68. The van der Waals surface area contributed by atoms with Crippen molar-refractivity contribution in [2.45, 2.75) is 25.5 Å². The predicted molar refractivity (Wildman–Crippen MR) is 71.6 cm³/mol. The van der Waals surface area contributed by atoms with Gasteiger partial charge in [-0.2, -0.15) is 0 Å². The number of aromatic nitrogens is 3. The van der Waals surface area contributed by atoms with Crippen molar-refractivity contribution in [2.24, 2.45) is 0 Å². The smallest absolute Gasteiger partial charge is 0.191 e. The number of thioether (sulfide) groups is 1. The van der Waals surface area contributed by atoms with E-state index in [4.69, 9.17) is 0 Å². The third kappa shape index (κ3) is 3.14. The normalized spacial score (nSPS) is 10.6. The highest BCUT2D eigenvalue weighted by Crippen LogP contribution is 2.24. The van der Waals surface area contributed by atoms with Gasteiger partial charge in [-0.3, -0.25) is 0 Å². The molecule has 0 saturated heterocycles. The van der Waals surface area contributed by atoms with Crippen LogP contribution in [0.25, 0.3) is 11.4 Å². The highest BCUT2D eigenvalue weighted by atomic mass is 32.2. The van der Waals surface area contributed by atoms with Crippen LogP contribution in [0.4, 0.5) is 0 Å². The lowest BCUT2D eigenvalue weighted by Gasteiger charge is -2.08. The van der Waals surface area contributed by atoms with Crippen molar-refractivity contribution in [1.82, 2.24) is 14.8 Å². The Morgan fingerprint density at radius 2 is 2.21 bits per heavy atom. The van der Waals surface area contributed by atoms with Gasteiger partial charge < -0.3 is 14.5 Å². The molecule has 6 heteroatoms.